The van der Waals surface area contributed by atoms with E-state index in [0.29, 0.717) is 18.8 Å². The van der Waals surface area contributed by atoms with Gasteiger partial charge in [-0.15, -0.1) is 5.48 Å². The first-order chi connectivity index (χ1) is 9.52. The molecule has 0 radical (unpaired) electrons. The van der Waals surface area contributed by atoms with Gasteiger partial charge in [0.25, 0.3) is 0 Å². The Balaban J connectivity index is 2.45. The molecule has 2 aromatic rings. The van der Waals surface area contributed by atoms with Crippen LogP contribution in [0.3, 0.4) is 0 Å². The van der Waals surface area contributed by atoms with Crippen LogP contribution in [0.15, 0.2) is 36.4 Å². The summed E-state index contributed by atoms with van der Waals surface area (Å²) in [5.74, 6) is 0.794. The van der Waals surface area contributed by atoms with Crippen LogP contribution < -0.4 is 15.1 Å². The first-order valence-electron chi connectivity index (χ1n) is 6.18. The molecule has 0 amide bonds. The Morgan fingerprint density at radius 2 is 1.90 bits per heavy atom. The molecule has 2 nitrogen and oxygen atoms in total. The standard InChI is InChI=1S/C16H16ClO2P/c1-10-5-4-6-13(17)15(10)16(18)20-14-8-7-12(19-3)9-11(14)2/h4-9,18H,1-3H3/p-1. The molecule has 20 heavy (non-hydrogen) atoms. The molecule has 0 atom stereocenters. The fourth-order valence-electron chi connectivity index (χ4n) is 1.95. The molecule has 0 N–H and O–H groups in total. The lowest BCUT2D eigenvalue weighted by atomic mass is 10.1. The molecule has 0 saturated carbocycles. The van der Waals surface area contributed by atoms with E-state index in [2.05, 4.69) is 0 Å². The topological polar surface area (TPSA) is 32.3 Å². The second-order valence-electron chi connectivity index (χ2n) is 4.50. The maximum atomic E-state index is 12.4. The molecule has 0 fully saturated rings. The summed E-state index contributed by atoms with van der Waals surface area (Å²) >= 11 is 6.13. The molecule has 0 spiro atoms. The van der Waals surface area contributed by atoms with Gasteiger partial charge in [0, 0.05) is 10.3 Å². The Morgan fingerprint density at radius 3 is 2.50 bits per heavy atom. The monoisotopic (exact) mass is 305 g/mol. The third kappa shape index (κ3) is 3.21. The van der Waals surface area contributed by atoms with Crippen LogP contribution in [0.2, 0.25) is 5.02 Å². The minimum absolute atomic E-state index is 0.0152. The average Bonchev–Trinajstić information content (AvgIpc) is 2.41. The molecule has 2 aromatic carbocycles. The van der Waals surface area contributed by atoms with Crippen molar-refractivity contribution in [1.82, 2.24) is 0 Å². The summed E-state index contributed by atoms with van der Waals surface area (Å²) in [6.45, 7) is 3.87. The van der Waals surface area contributed by atoms with Gasteiger partial charge in [-0.2, -0.15) is 0 Å². The molecule has 0 bridgehead atoms. The van der Waals surface area contributed by atoms with Crippen molar-refractivity contribution >= 4 is 30.6 Å². The van der Waals surface area contributed by atoms with Gasteiger partial charge in [-0.05, 0) is 54.8 Å². The average molecular weight is 306 g/mol. The van der Waals surface area contributed by atoms with Gasteiger partial charge in [0.05, 0.1) is 7.11 Å². The van der Waals surface area contributed by atoms with E-state index in [4.69, 9.17) is 16.3 Å². The summed E-state index contributed by atoms with van der Waals surface area (Å²) < 4.78 is 5.17. The van der Waals surface area contributed by atoms with Crippen molar-refractivity contribution in [2.75, 3.05) is 7.11 Å². The van der Waals surface area contributed by atoms with Crippen molar-refractivity contribution in [3.8, 4) is 5.75 Å². The van der Waals surface area contributed by atoms with E-state index in [0.717, 1.165) is 22.2 Å². The lowest BCUT2D eigenvalue weighted by Gasteiger charge is -2.17. The minimum Gasteiger partial charge on any atom is -0.823 e. The lowest BCUT2D eigenvalue weighted by molar-refractivity contribution is -0.207. The predicted octanol–water partition coefficient (Wildman–Crippen LogP) is 3.08. The third-order valence-corrected chi connectivity index (χ3v) is 4.55. The van der Waals surface area contributed by atoms with Gasteiger partial charge >= 0.3 is 0 Å². The van der Waals surface area contributed by atoms with Crippen molar-refractivity contribution in [1.29, 1.82) is 0 Å². The number of hydrogen-bond donors (Lipinski definition) is 0. The van der Waals surface area contributed by atoms with Gasteiger partial charge in [-0.3, -0.25) is 0 Å². The number of ether oxygens (including phenoxy) is 1. The van der Waals surface area contributed by atoms with Gasteiger partial charge in [-0.1, -0.05) is 31.9 Å². The minimum atomic E-state index is 0.0152. The number of aryl methyl sites for hydroxylation is 2. The number of benzene rings is 2. The van der Waals surface area contributed by atoms with E-state index in [1.165, 1.54) is 0 Å². The summed E-state index contributed by atoms with van der Waals surface area (Å²) in [5.41, 5.74) is 2.55. The predicted molar refractivity (Wildman–Crippen MR) is 84.6 cm³/mol. The number of hydrogen-bond acceptors (Lipinski definition) is 2. The maximum absolute atomic E-state index is 12.4. The molecule has 0 aromatic heterocycles. The number of methoxy groups -OCH3 is 1. The SMILES string of the molecule is COc1ccc(P=C([O-])c2c(C)cccc2Cl)c(C)c1. The largest absolute Gasteiger partial charge is 0.823 e. The van der Waals surface area contributed by atoms with Gasteiger partial charge in [0.1, 0.15) is 5.75 Å². The fourth-order valence-corrected chi connectivity index (χ4v) is 3.34. The first-order valence-corrected chi connectivity index (χ1v) is 7.46. The number of rotatable bonds is 3. The van der Waals surface area contributed by atoms with Gasteiger partial charge in [0.15, 0.2) is 0 Å². The van der Waals surface area contributed by atoms with E-state index < -0.39 is 0 Å². The van der Waals surface area contributed by atoms with E-state index in [-0.39, 0.29) is 5.48 Å². The molecule has 0 saturated heterocycles. The van der Waals surface area contributed by atoms with Crippen molar-refractivity contribution in [2.24, 2.45) is 0 Å². The molecule has 0 unspecified atom stereocenters. The van der Waals surface area contributed by atoms with E-state index in [1.54, 1.807) is 13.2 Å². The van der Waals surface area contributed by atoms with Crippen LogP contribution in [-0.2, 0) is 0 Å². The summed E-state index contributed by atoms with van der Waals surface area (Å²) in [7, 11) is 2.26. The molecule has 0 aliphatic rings. The van der Waals surface area contributed by atoms with Gasteiger partial charge < -0.3 is 9.84 Å². The van der Waals surface area contributed by atoms with Crippen LogP contribution in [0, 0.1) is 13.8 Å². The highest BCUT2D eigenvalue weighted by molar-refractivity contribution is 7.49. The van der Waals surface area contributed by atoms with Crippen molar-refractivity contribution in [3.63, 3.8) is 0 Å². The van der Waals surface area contributed by atoms with E-state index in [9.17, 15) is 5.11 Å². The smallest absolute Gasteiger partial charge is 0.119 e. The summed E-state index contributed by atoms with van der Waals surface area (Å²) in [6, 6.07) is 11.2. The normalized spacial score (nSPS) is 11.6. The second-order valence-corrected chi connectivity index (χ2v) is 6.02. The molecular formula is C16H15ClO2P-. The Labute approximate surface area is 125 Å². The Kier molecular flexibility index (Phi) is 4.82. The first kappa shape index (κ1) is 15.1. The molecule has 2 rings (SSSR count). The fraction of sp³-hybridized carbons (Fsp3) is 0.188. The molecule has 0 aliphatic heterocycles. The molecule has 4 heteroatoms. The van der Waals surface area contributed by atoms with Crippen molar-refractivity contribution in [3.05, 3.63) is 58.1 Å². The zero-order chi connectivity index (χ0) is 14.7. The highest BCUT2D eigenvalue weighted by atomic mass is 35.5. The summed E-state index contributed by atoms with van der Waals surface area (Å²) in [6.07, 6.45) is 0. The maximum Gasteiger partial charge on any atom is 0.119 e. The van der Waals surface area contributed by atoms with Gasteiger partial charge in [0.2, 0.25) is 0 Å². The van der Waals surface area contributed by atoms with Crippen LogP contribution in [0.4, 0.5) is 0 Å². The molecule has 0 heterocycles. The van der Waals surface area contributed by atoms with Crippen LogP contribution >= 0.6 is 19.8 Å². The van der Waals surface area contributed by atoms with Gasteiger partial charge in [-0.25, -0.2) is 0 Å². The summed E-state index contributed by atoms with van der Waals surface area (Å²) in [4.78, 5) is 0. The van der Waals surface area contributed by atoms with E-state index in [1.807, 2.05) is 44.2 Å². The molecule has 0 aliphatic carbocycles. The quantitative estimate of drug-likeness (QED) is 0.816. The molecular weight excluding hydrogens is 291 g/mol. The van der Waals surface area contributed by atoms with Crippen LogP contribution in [-0.4, -0.2) is 12.6 Å². The highest BCUT2D eigenvalue weighted by Gasteiger charge is 2.04. The van der Waals surface area contributed by atoms with Crippen LogP contribution in [0.5, 0.6) is 5.75 Å². The van der Waals surface area contributed by atoms with Crippen LogP contribution in [0.25, 0.3) is 0 Å². The zero-order valence-corrected chi connectivity index (χ0v) is 13.3. The number of halogens is 1. The van der Waals surface area contributed by atoms with E-state index >= 15 is 0 Å². The Morgan fingerprint density at radius 1 is 1.15 bits per heavy atom. The third-order valence-electron chi connectivity index (χ3n) is 3.06. The zero-order valence-electron chi connectivity index (χ0n) is 11.6. The highest BCUT2D eigenvalue weighted by Crippen LogP contribution is 2.22. The lowest BCUT2D eigenvalue weighted by Crippen LogP contribution is -2.20. The van der Waals surface area contributed by atoms with Crippen molar-refractivity contribution in [2.45, 2.75) is 13.8 Å². The Hall–Kier alpha value is -1.34. The second kappa shape index (κ2) is 6.41. The van der Waals surface area contributed by atoms with Crippen molar-refractivity contribution < 1.29 is 9.84 Å². The van der Waals surface area contributed by atoms with Crippen LogP contribution in [0.1, 0.15) is 16.7 Å². The Bertz CT molecular complexity index is 645. The summed E-state index contributed by atoms with van der Waals surface area (Å²) in [5, 5.41) is 13.9. The molecule has 104 valence electrons.